The number of hydrogen-bond donors (Lipinski definition) is 1. The van der Waals surface area contributed by atoms with E-state index in [1.54, 1.807) is 6.92 Å². The Labute approximate surface area is 112 Å². The van der Waals surface area contributed by atoms with Gasteiger partial charge in [0.05, 0.1) is 5.92 Å². The van der Waals surface area contributed by atoms with Gasteiger partial charge in [-0.2, -0.15) is 0 Å². The summed E-state index contributed by atoms with van der Waals surface area (Å²) >= 11 is 1.89. The summed E-state index contributed by atoms with van der Waals surface area (Å²) in [6.45, 7) is 2.36. The Kier molecular flexibility index (Phi) is 4.30. The molecule has 1 aromatic carbocycles. The summed E-state index contributed by atoms with van der Waals surface area (Å²) < 4.78 is 0. The number of benzene rings is 1. The predicted octanol–water partition coefficient (Wildman–Crippen LogP) is 2.88. The topological polar surface area (TPSA) is 40.5 Å². The largest absolute Gasteiger partial charge is 0.481 e. The normalized spacial score (nSPS) is 20.5. The lowest BCUT2D eigenvalue weighted by molar-refractivity contribution is -0.141. The maximum absolute atomic E-state index is 10.9. The lowest BCUT2D eigenvalue weighted by atomic mass is 10.0. The molecule has 0 fully saturated rings. The maximum Gasteiger partial charge on any atom is 0.307 e. The number of nitrogens with zero attached hydrogens (tertiary/aromatic N) is 1. The zero-order chi connectivity index (χ0) is 13.1. The monoisotopic (exact) mass is 265 g/mol. The molecule has 0 bridgehead atoms. The maximum atomic E-state index is 10.9. The molecule has 1 aliphatic heterocycles. The van der Waals surface area contributed by atoms with Crippen molar-refractivity contribution in [3.8, 4) is 0 Å². The number of carboxylic acid groups (broad SMARTS) is 1. The van der Waals surface area contributed by atoms with Crippen LogP contribution in [0.4, 0.5) is 0 Å². The number of aliphatic carboxylic acids is 1. The highest BCUT2D eigenvalue weighted by Gasteiger charge is 2.25. The average Bonchev–Trinajstić information content (AvgIpc) is 2.37. The molecule has 2 rings (SSSR count). The molecule has 3 nitrogen and oxygen atoms in total. The molecule has 0 saturated heterocycles. The van der Waals surface area contributed by atoms with Crippen molar-refractivity contribution in [2.45, 2.75) is 24.3 Å². The number of thioether (sulfide) groups is 1. The van der Waals surface area contributed by atoms with Crippen molar-refractivity contribution in [3.05, 3.63) is 29.8 Å². The molecule has 0 saturated carbocycles. The molecule has 0 aliphatic carbocycles. The van der Waals surface area contributed by atoms with E-state index in [4.69, 9.17) is 5.11 Å². The first-order valence-corrected chi connectivity index (χ1v) is 7.23. The van der Waals surface area contributed by atoms with E-state index in [0.717, 1.165) is 12.2 Å². The van der Waals surface area contributed by atoms with Gasteiger partial charge in [-0.05, 0) is 30.9 Å². The lowest BCUT2D eigenvalue weighted by Gasteiger charge is -2.33. The predicted molar refractivity (Wildman–Crippen MR) is 74.0 cm³/mol. The fourth-order valence-corrected chi connectivity index (χ4v) is 3.52. The van der Waals surface area contributed by atoms with Gasteiger partial charge in [-0.1, -0.05) is 25.1 Å². The minimum atomic E-state index is -0.722. The van der Waals surface area contributed by atoms with Crippen LogP contribution in [0.2, 0.25) is 0 Å². The van der Waals surface area contributed by atoms with Crippen molar-refractivity contribution in [1.82, 2.24) is 4.90 Å². The van der Waals surface area contributed by atoms with Gasteiger partial charge in [0.15, 0.2) is 0 Å². The molecular weight excluding hydrogens is 246 g/mol. The fraction of sp³-hybridized carbons (Fsp3) is 0.500. The van der Waals surface area contributed by atoms with Crippen LogP contribution in [0.3, 0.4) is 0 Å². The SMILES string of the molecule is CC(CN(C)C1CCSc2ccccc21)C(=O)O. The van der Waals surface area contributed by atoms with Gasteiger partial charge >= 0.3 is 5.97 Å². The number of carboxylic acids is 1. The molecule has 0 radical (unpaired) electrons. The Morgan fingerprint density at radius 3 is 3.00 bits per heavy atom. The molecule has 1 N–H and O–H groups in total. The summed E-state index contributed by atoms with van der Waals surface area (Å²) in [5.41, 5.74) is 1.34. The van der Waals surface area contributed by atoms with Gasteiger partial charge in [0.2, 0.25) is 0 Å². The minimum absolute atomic E-state index is 0.322. The molecule has 2 atom stereocenters. The molecule has 4 heteroatoms. The molecule has 0 aromatic heterocycles. The van der Waals surface area contributed by atoms with Crippen LogP contribution in [0.15, 0.2) is 29.2 Å². The van der Waals surface area contributed by atoms with Crippen LogP contribution in [0.1, 0.15) is 24.9 Å². The van der Waals surface area contributed by atoms with Crippen LogP contribution >= 0.6 is 11.8 Å². The van der Waals surface area contributed by atoms with Crippen LogP contribution in [0.25, 0.3) is 0 Å². The van der Waals surface area contributed by atoms with E-state index in [1.807, 2.05) is 18.8 Å². The Bertz CT molecular complexity index is 436. The first-order valence-electron chi connectivity index (χ1n) is 6.24. The average molecular weight is 265 g/mol. The van der Waals surface area contributed by atoms with Crippen molar-refractivity contribution >= 4 is 17.7 Å². The van der Waals surface area contributed by atoms with E-state index >= 15 is 0 Å². The number of hydrogen-bond acceptors (Lipinski definition) is 3. The molecule has 18 heavy (non-hydrogen) atoms. The molecule has 1 heterocycles. The van der Waals surface area contributed by atoms with Crippen molar-refractivity contribution in [1.29, 1.82) is 0 Å². The first-order chi connectivity index (χ1) is 8.59. The van der Waals surface area contributed by atoms with Gasteiger partial charge in [-0.25, -0.2) is 0 Å². The van der Waals surface area contributed by atoms with Crippen LogP contribution in [-0.4, -0.2) is 35.3 Å². The van der Waals surface area contributed by atoms with E-state index < -0.39 is 5.97 Å². The smallest absolute Gasteiger partial charge is 0.307 e. The van der Waals surface area contributed by atoms with Crippen LogP contribution in [0, 0.1) is 5.92 Å². The molecule has 1 aliphatic rings. The number of fused-ring (bicyclic) bond motifs is 1. The van der Waals surface area contributed by atoms with Crippen molar-refractivity contribution in [2.75, 3.05) is 19.3 Å². The van der Waals surface area contributed by atoms with Crippen LogP contribution in [-0.2, 0) is 4.79 Å². The molecule has 1 aromatic rings. The third-order valence-electron chi connectivity index (χ3n) is 3.44. The highest BCUT2D eigenvalue weighted by molar-refractivity contribution is 7.99. The zero-order valence-electron chi connectivity index (χ0n) is 10.8. The van der Waals surface area contributed by atoms with Crippen molar-refractivity contribution < 1.29 is 9.90 Å². The van der Waals surface area contributed by atoms with Crippen LogP contribution in [0.5, 0.6) is 0 Å². The van der Waals surface area contributed by atoms with Crippen LogP contribution < -0.4 is 0 Å². The summed E-state index contributed by atoms with van der Waals surface area (Å²) in [5, 5.41) is 8.99. The Balaban J connectivity index is 2.12. The van der Waals surface area contributed by atoms with Gasteiger partial charge in [0, 0.05) is 17.5 Å². The highest BCUT2D eigenvalue weighted by atomic mass is 32.2. The summed E-state index contributed by atoms with van der Waals surface area (Å²) in [5.74, 6) is 0.0602. The minimum Gasteiger partial charge on any atom is -0.481 e. The molecule has 0 amide bonds. The Morgan fingerprint density at radius 2 is 2.28 bits per heavy atom. The van der Waals surface area contributed by atoms with Gasteiger partial charge in [-0.15, -0.1) is 11.8 Å². The van der Waals surface area contributed by atoms with Gasteiger partial charge in [-0.3, -0.25) is 9.69 Å². The summed E-state index contributed by atoms with van der Waals surface area (Å²) in [6.07, 6.45) is 1.09. The van der Waals surface area contributed by atoms with Gasteiger partial charge in [0.25, 0.3) is 0 Å². The third-order valence-corrected chi connectivity index (χ3v) is 4.56. The third kappa shape index (κ3) is 2.87. The number of rotatable bonds is 4. The quantitative estimate of drug-likeness (QED) is 0.909. The lowest BCUT2D eigenvalue weighted by Crippen LogP contribution is -2.33. The molecule has 2 unspecified atom stereocenters. The summed E-state index contributed by atoms with van der Waals surface area (Å²) in [4.78, 5) is 14.4. The van der Waals surface area contributed by atoms with E-state index in [0.29, 0.717) is 12.6 Å². The van der Waals surface area contributed by atoms with E-state index in [-0.39, 0.29) is 5.92 Å². The van der Waals surface area contributed by atoms with E-state index in [2.05, 4.69) is 29.2 Å². The Hall–Kier alpha value is -1.00. The molecular formula is C14H19NO2S. The Morgan fingerprint density at radius 1 is 1.56 bits per heavy atom. The fourth-order valence-electron chi connectivity index (χ4n) is 2.42. The van der Waals surface area contributed by atoms with E-state index in [1.165, 1.54) is 10.5 Å². The van der Waals surface area contributed by atoms with Crippen molar-refractivity contribution in [2.24, 2.45) is 5.92 Å². The first kappa shape index (κ1) is 13.4. The summed E-state index contributed by atoms with van der Waals surface area (Å²) in [7, 11) is 2.02. The second kappa shape index (κ2) is 5.76. The molecule has 0 spiro atoms. The summed E-state index contributed by atoms with van der Waals surface area (Å²) in [6, 6.07) is 8.79. The standard InChI is InChI=1S/C14H19NO2S/c1-10(14(16)17)9-15(2)12-7-8-18-13-6-4-3-5-11(12)13/h3-6,10,12H,7-9H2,1-2H3,(H,16,17). The zero-order valence-corrected chi connectivity index (χ0v) is 11.6. The van der Waals surface area contributed by atoms with Crippen molar-refractivity contribution in [3.63, 3.8) is 0 Å². The number of carbonyl (C=O) groups is 1. The molecule has 98 valence electrons. The van der Waals surface area contributed by atoms with Gasteiger partial charge < -0.3 is 5.11 Å². The second-order valence-corrected chi connectivity index (χ2v) is 6.01. The van der Waals surface area contributed by atoms with Gasteiger partial charge in [0.1, 0.15) is 0 Å². The van der Waals surface area contributed by atoms with E-state index in [9.17, 15) is 4.79 Å². The second-order valence-electron chi connectivity index (χ2n) is 4.87. The highest BCUT2D eigenvalue weighted by Crippen LogP contribution is 2.38.